The van der Waals surface area contributed by atoms with Crippen molar-refractivity contribution >= 4 is 22.6 Å². The number of hydrogen-bond acceptors (Lipinski definition) is 3. The highest BCUT2D eigenvalue weighted by Gasteiger charge is 2.16. The van der Waals surface area contributed by atoms with Crippen LogP contribution in [0.5, 0.6) is 0 Å². The molecule has 0 fully saturated rings. The summed E-state index contributed by atoms with van der Waals surface area (Å²) in [6.07, 6.45) is 1.67. The first-order valence-corrected chi connectivity index (χ1v) is 9.23. The van der Waals surface area contributed by atoms with E-state index in [1.165, 1.54) is 5.56 Å². The molecule has 0 atom stereocenters. The fraction of sp³-hybridized carbons (Fsp3) is 0.125. The molecule has 1 N–H and O–H groups in total. The Labute approximate surface area is 164 Å². The molecule has 2 heterocycles. The first kappa shape index (κ1) is 17.9. The molecule has 4 aromatic rings. The summed E-state index contributed by atoms with van der Waals surface area (Å²) < 4.78 is 0. The molecule has 0 saturated heterocycles. The van der Waals surface area contributed by atoms with Gasteiger partial charge in [-0.2, -0.15) is 0 Å². The van der Waals surface area contributed by atoms with Gasteiger partial charge in [0.15, 0.2) is 0 Å². The van der Waals surface area contributed by atoms with Crippen LogP contribution in [0.25, 0.3) is 22.2 Å². The number of anilines is 1. The molecular formula is C24H21N3O. The van der Waals surface area contributed by atoms with Crippen LogP contribution in [0.15, 0.2) is 66.9 Å². The maximum Gasteiger partial charge on any atom is 0.257 e. The van der Waals surface area contributed by atoms with E-state index in [1.54, 1.807) is 6.20 Å². The number of pyridine rings is 2. The number of nitrogens with one attached hydrogen (secondary N) is 1. The minimum atomic E-state index is -0.189. The minimum absolute atomic E-state index is 0.189. The fourth-order valence-corrected chi connectivity index (χ4v) is 3.39. The van der Waals surface area contributed by atoms with Crippen LogP contribution in [-0.4, -0.2) is 15.9 Å². The zero-order valence-electron chi connectivity index (χ0n) is 16.2. The predicted octanol–water partition coefficient (Wildman–Crippen LogP) is 5.47. The zero-order valence-corrected chi connectivity index (χ0v) is 16.2. The third-order valence-electron chi connectivity index (χ3n) is 4.86. The van der Waals surface area contributed by atoms with E-state index >= 15 is 0 Å². The Morgan fingerprint density at radius 1 is 0.893 bits per heavy atom. The van der Waals surface area contributed by atoms with Gasteiger partial charge in [-0.25, -0.2) is 9.97 Å². The number of amides is 1. The summed E-state index contributed by atoms with van der Waals surface area (Å²) >= 11 is 0. The first-order valence-electron chi connectivity index (χ1n) is 9.23. The summed E-state index contributed by atoms with van der Waals surface area (Å²) in [6, 6.07) is 19.6. The second-order valence-corrected chi connectivity index (χ2v) is 7.01. The van der Waals surface area contributed by atoms with Gasteiger partial charge in [-0.05, 0) is 50.1 Å². The Hall–Kier alpha value is -3.53. The summed E-state index contributed by atoms with van der Waals surface area (Å²) in [4.78, 5) is 22.2. The lowest BCUT2D eigenvalue weighted by atomic mass is 9.99. The number of aromatic nitrogens is 2. The van der Waals surface area contributed by atoms with Crippen molar-refractivity contribution in [1.29, 1.82) is 0 Å². The summed E-state index contributed by atoms with van der Waals surface area (Å²) in [5.74, 6) is 0.382. The fourth-order valence-electron chi connectivity index (χ4n) is 3.39. The molecule has 28 heavy (non-hydrogen) atoms. The number of nitrogens with zero attached hydrogens (tertiary/aromatic N) is 2. The van der Waals surface area contributed by atoms with E-state index in [9.17, 15) is 4.79 Å². The quantitative estimate of drug-likeness (QED) is 0.522. The predicted molar refractivity (Wildman–Crippen MR) is 114 cm³/mol. The summed E-state index contributed by atoms with van der Waals surface area (Å²) in [5, 5.41) is 3.76. The van der Waals surface area contributed by atoms with Gasteiger partial charge in [0, 0.05) is 17.1 Å². The lowest BCUT2D eigenvalue weighted by Crippen LogP contribution is -2.15. The summed E-state index contributed by atoms with van der Waals surface area (Å²) in [7, 11) is 0. The number of rotatable bonds is 3. The van der Waals surface area contributed by atoms with Gasteiger partial charge in [0.2, 0.25) is 0 Å². The van der Waals surface area contributed by atoms with Gasteiger partial charge in [-0.3, -0.25) is 4.79 Å². The molecule has 0 aliphatic heterocycles. The van der Waals surface area contributed by atoms with Crippen molar-refractivity contribution < 1.29 is 4.79 Å². The largest absolute Gasteiger partial charge is 0.306 e. The van der Waals surface area contributed by atoms with Gasteiger partial charge in [0.1, 0.15) is 5.82 Å². The van der Waals surface area contributed by atoms with Crippen molar-refractivity contribution in [3.63, 3.8) is 0 Å². The van der Waals surface area contributed by atoms with Crippen molar-refractivity contribution in [1.82, 2.24) is 9.97 Å². The average Bonchev–Trinajstić information content (AvgIpc) is 2.69. The Balaban J connectivity index is 1.85. The van der Waals surface area contributed by atoms with Crippen LogP contribution < -0.4 is 5.32 Å². The number of benzene rings is 2. The van der Waals surface area contributed by atoms with Crippen molar-refractivity contribution in [3.05, 3.63) is 89.1 Å². The van der Waals surface area contributed by atoms with Gasteiger partial charge >= 0.3 is 0 Å². The summed E-state index contributed by atoms with van der Waals surface area (Å²) in [6.45, 7) is 6.06. The molecule has 1 amide bonds. The van der Waals surface area contributed by atoms with Crippen LogP contribution in [0, 0.1) is 20.8 Å². The molecule has 138 valence electrons. The monoisotopic (exact) mass is 367 g/mol. The lowest BCUT2D eigenvalue weighted by molar-refractivity contribution is 0.102. The van der Waals surface area contributed by atoms with Gasteiger partial charge in [-0.1, -0.05) is 48.0 Å². The van der Waals surface area contributed by atoms with Gasteiger partial charge < -0.3 is 5.32 Å². The zero-order chi connectivity index (χ0) is 19.7. The van der Waals surface area contributed by atoms with E-state index < -0.39 is 0 Å². The number of para-hydroxylation sites is 1. The molecule has 4 nitrogen and oxygen atoms in total. The maximum atomic E-state index is 13.1. The number of aryl methyl sites for hydroxylation is 3. The van der Waals surface area contributed by atoms with Crippen molar-refractivity contribution in [2.75, 3.05) is 5.32 Å². The van der Waals surface area contributed by atoms with Crippen molar-refractivity contribution in [2.45, 2.75) is 20.8 Å². The second-order valence-electron chi connectivity index (χ2n) is 7.01. The minimum Gasteiger partial charge on any atom is -0.306 e. The van der Waals surface area contributed by atoms with E-state index in [4.69, 9.17) is 4.98 Å². The van der Waals surface area contributed by atoms with E-state index in [1.807, 2.05) is 49.4 Å². The highest BCUT2D eigenvalue weighted by molar-refractivity contribution is 6.13. The molecule has 0 aliphatic carbocycles. The van der Waals surface area contributed by atoms with Crippen LogP contribution in [0.4, 0.5) is 5.82 Å². The van der Waals surface area contributed by atoms with Crippen LogP contribution >= 0.6 is 0 Å². The van der Waals surface area contributed by atoms with Gasteiger partial charge in [0.05, 0.1) is 16.8 Å². The first-order chi connectivity index (χ1) is 13.5. The maximum absolute atomic E-state index is 13.1. The van der Waals surface area contributed by atoms with Gasteiger partial charge in [-0.15, -0.1) is 0 Å². The van der Waals surface area contributed by atoms with Crippen LogP contribution in [-0.2, 0) is 0 Å². The third kappa shape index (κ3) is 3.37. The molecule has 2 aromatic heterocycles. The van der Waals surface area contributed by atoms with E-state index in [0.717, 1.165) is 33.3 Å². The number of carbonyl (C=O) groups excluding carboxylic acids is 1. The average molecular weight is 367 g/mol. The topological polar surface area (TPSA) is 54.9 Å². The molecule has 0 spiro atoms. The van der Waals surface area contributed by atoms with Gasteiger partial charge in [0.25, 0.3) is 5.91 Å². The molecular weight excluding hydrogens is 346 g/mol. The molecule has 0 radical (unpaired) electrons. The highest BCUT2D eigenvalue weighted by atomic mass is 16.1. The molecule has 0 aliphatic rings. The number of hydrogen-bond donors (Lipinski definition) is 1. The normalized spacial score (nSPS) is 10.8. The molecule has 0 saturated carbocycles. The Morgan fingerprint density at radius 3 is 2.50 bits per heavy atom. The summed E-state index contributed by atoms with van der Waals surface area (Å²) in [5.41, 5.74) is 6.45. The van der Waals surface area contributed by atoms with E-state index in [-0.39, 0.29) is 5.91 Å². The van der Waals surface area contributed by atoms with Crippen LogP contribution in [0.2, 0.25) is 0 Å². The van der Waals surface area contributed by atoms with Crippen LogP contribution in [0.3, 0.4) is 0 Å². The molecule has 4 heteroatoms. The number of carbonyl (C=O) groups is 1. The van der Waals surface area contributed by atoms with Crippen molar-refractivity contribution in [3.8, 4) is 11.3 Å². The smallest absolute Gasteiger partial charge is 0.257 e. The SMILES string of the molecule is Cc1ccc(-c2cc(C(=O)Nc3ncccc3C)c3ccccc3n2)c(C)c1. The third-order valence-corrected chi connectivity index (χ3v) is 4.86. The molecule has 4 rings (SSSR count). The van der Waals surface area contributed by atoms with Crippen molar-refractivity contribution in [2.24, 2.45) is 0 Å². The number of fused-ring (bicyclic) bond motifs is 1. The second kappa shape index (κ2) is 7.24. The highest BCUT2D eigenvalue weighted by Crippen LogP contribution is 2.28. The van der Waals surface area contributed by atoms with Crippen LogP contribution in [0.1, 0.15) is 27.0 Å². The Kier molecular flexibility index (Phi) is 4.62. The Bertz CT molecular complexity index is 1200. The van der Waals surface area contributed by atoms with E-state index in [2.05, 4.69) is 42.3 Å². The standard InChI is InChI=1S/C24H21N3O/c1-15-10-11-18(17(3)13-15)22-14-20(19-8-4-5-9-21(19)26-22)24(28)27-23-16(2)7-6-12-25-23/h4-14H,1-3H3,(H,25,27,28). The Morgan fingerprint density at radius 2 is 1.71 bits per heavy atom. The molecule has 0 bridgehead atoms. The molecule has 2 aromatic carbocycles. The molecule has 0 unspecified atom stereocenters. The van der Waals surface area contributed by atoms with E-state index in [0.29, 0.717) is 11.4 Å². The lowest BCUT2D eigenvalue weighted by Gasteiger charge is -2.12.